The molecular weight excluding hydrogens is 346 g/mol. The van der Waals surface area contributed by atoms with E-state index in [2.05, 4.69) is 45.3 Å². The molecule has 25 heavy (non-hydrogen) atoms. The molecule has 4 nitrogen and oxygen atoms in total. The van der Waals surface area contributed by atoms with E-state index in [9.17, 15) is 4.79 Å². The van der Waals surface area contributed by atoms with Crippen LogP contribution in [0.2, 0.25) is 39.3 Å². The van der Waals surface area contributed by atoms with Gasteiger partial charge in [0.1, 0.15) is 0 Å². The number of hydrogen-bond donors (Lipinski definition) is 0. The molecule has 0 bridgehead atoms. The molecule has 0 unspecified atom stereocenters. The van der Waals surface area contributed by atoms with Crippen molar-refractivity contribution in [3.8, 4) is 0 Å². The fraction of sp³-hybridized carbons (Fsp3) is 0.632. The van der Waals surface area contributed by atoms with Crippen LogP contribution in [0.1, 0.15) is 35.2 Å². The maximum atomic E-state index is 13.2. The quantitative estimate of drug-likeness (QED) is 0.723. The van der Waals surface area contributed by atoms with Crippen LogP contribution in [0.5, 0.6) is 0 Å². The highest BCUT2D eigenvalue weighted by Crippen LogP contribution is 2.48. The van der Waals surface area contributed by atoms with Crippen molar-refractivity contribution in [3.05, 3.63) is 35.4 Å². The Morgan fingerprint density at radius 1 is 1.04 bits per heavy atom. The number of hydrogen-bond acceptors (Lipinski definition) is 3. The van der Waals surface area contributed by atoms with E-state index in [1.165, 1.54) is 0 Å². The molecular formula is C19H31NO3Si2. The predicted octanol–water partition coefficient (Wildman–Crippen LogP) is 4.55. The third-order valence-electron chi connectivity index (χ3n) is 4.68. The van der Waals surface area contributed by atoms with Gasteiger partial charge in [0.15, 0.2) is 22.4 Å². The monoisotopic (exact) mass is 377 g/mol. The van der Waals surface area contributed by atoms with Gasteiger partial charge in [-0.2, -0.15) is 0 Å². The fourth-order valence-corrected chi connectivity index (χ4v) is 6.46. The molecule has 2 atom stereocenters. The van der Waals surface area contributed by atoms with Gasteiger partial charge < -0.3 is 13.8 Å². The smallest absolute Gasteiger partial charge is 0.256 e. The van der Waals surface area contributed by atoms with Crippen LogP contribution in [0.25, 0.3) is 0 Å². The maximum Gasteiger partial charge on any atom is 0.256 e. The Labute approximate surface area is 153 Å². The van der Waals surface area contributed by atoms with Crippen LogP contribution >= 0.6 is 0 Å². The Kier molecular flexibility index (Phi) is 4.77. The van der Waals surface area contributed by atoms with Gasteiger partial charge in [0.05, 0.1) is 6.10 Å². The molecule has 2 aliphatic heterocycles. The normalized spacial score (nSPS) is 27.0. The van der Waals surface area contributed by atoms with Crippen molar-refractivity contribution in [1.82, 2.24) is 4.90 Å². The van der Waals surface area contributed by atoms with E-state index in [-0.39, 0.29) is 12.0 Å². The first-order valence-corrected chi connectivity index (χ1v) is 16.2. The standard InChI is InChI=1S/C19H31NO3Si2/c1-24(2,3)22-17-13-9-10-14-20-18(21)15-11-7-8-12-16(15)19(17,20)23-25(4,5)6/h7-8,11-12,17H,9-10,13-14H2,1-6H3/t17-,19+/m1/s1. The first-order valence-electron chi connectivity index (χ1n) is 9.34. The molecule has 0 radical (unpaired) electrons. The van der Waals surface area contributed by atoms with Crippen molar-refractivity contribution < 1.29 is 13.6 Å². The molecule has 0 spiro atoms. The van der Waals surface area contributed by atoms with E-state index in [0.29, 0.717) is 0 Å². The van der Waals surface area contributed by atoms with E-state index in [4.69, 9.17) is 8.85 Å². The number of carbonyl (C=O) groups excluding carboxylic acids is 1. The summed E-state index contributed by atoms with van der Waals surface area (Å²) in [5.74, 6) is 0.0972. The van der Waals surface area contributed by atoms with Gasteiger partial charge in [0.2, 0.25) is 0 Å². The summed E-state index contributed by atoms with van der Waals surface area (Å²) in [6, 6.07) is 7.97. The fourth-order valence-electron chi connectivity index (χ4n) is 4.04. The number of rotatable bonds is 4. The topological polar surface area (TPSA) is 38.8 Å². The number of nitrogens with zero attached hydrogens (tertiary/aromatic N) is 1. The van der Waals surface area contributed by atoms with Crippen LogP contribution in [0.3, 0.4) is 0 Å². The minimum absolute atomic E-state index is 0.0963. The minimum atomic E-state index is -1.94. The van der Waals surface area contributed by atoms with Crippen molar-refractivity contribution in [3.63, 3.8) is 0 Å². The molecule has 3 rings (SSSR count). The number of amides is 1. The zero-order valence-corrected chi connectivity index (χ0v) is 18.4. The number of fused-ring (bicyclic) bond motifs is 3. The summed E-state index contributed by atoms with van der Waals surface area (Å²) < 4.78 is 13.5. The number of carbonyl (C=O) groups is 1. The highest BCUT2D eigenvalue weighted by Gasteiger charge is 2.58. The molecule has 1 aromatic carbocycles. The van der Waals surface area contributed by atoms with Crippen LogP contribution in [-0.4, -0.2) is 40.1 Å². The average Bonchev–Trinajstić information content (AvgIpc) is 2.60. The Hall–Kier alpha value is -0.956. The van der Waals surface area contributed by atoms with E-state index in [0.717, 1.165) is 36.9 Å². The summed E-state index contributed by atoms with van der Waals surface area (Å²) in [6.45, 7) is 14.0. The molecule has 0 N–H and O–H groups in total. The van der Waals surface area contributed by atoms with Crippen LogP contribution in [0, 0.1) is 0 Å². The second kappa shape index (κ2) is 6.33. The van der Waals surface area contributed by atoms with Gasteiger partial charge >= 0.3 is 0 Å². The van der Waals surface area contributed by atoms with Gasteiger partial charge in [-0.15, -0.1) is 0 Å². The zero-order chi connectivity index (χ0) is 18.5. The minimum Gasteiger partial charge on any atom is -0.409 e. The van der Waals surface area contributed by atoms with E-state index < -0.39 is 22.4 Å². The van der Waals surface area contributed by atoms with Crippen molar-refractivity contribution in [2.75, 3.05) is 6.54 Å². The molecule has 1 amide bonds. The Morgan fingerprint density at radius 3 is 2.36 bits per heavy atom. The molecule has 2 aliphatic rings. The summed E-state index contributed by atoms with van der Waals surface area (Å²) in [5, 5.41) is 0. The summed E-state index contributed by atoms with van der Waals surface area (Å²) >= 11 is 0. The molecule has 0 saturated carbocycles. The van der Waals surface area contributed by atoms with E-state index in [1.54, 1.807) is 0 Å². The lowest BCUT2D eigenvalue weighted by molar-refractivity contribution is -0.136. The van der Waals surface area contributed by atoms with E-state index in [1.807, 2.05) is 23.1 Å². The molecule has 1 fully saturated rings. The zero-order valence-electron chi connectivity index (χ0n) is 16.4. The van der Waals surface area contributed by atoms with Crippen LogP contribution in [0.4, 0.5) is 0 Å². The van der Waals surface area contributed by atoms with Crippen molar-refractivity contribution >= 4 is 22.5 Å². The second-order valence-electron chi connectivity index (χ2n) is 9.13. The molecule has 1 aromatic rings. The van der Waals surface area contributed by atoms with E-state index >= 15 is 0 Å². The molecule has 6 heteroatoms. The lowest BCUT2D eigenvalue weighted by Crippen LogP contribution is -2.59. The Balaban J connectivity index is 2.20. The van der Waals surface area contributed by atoms with Crippen LogP contribution in [-0.2, 0) is 14.6 Å². The number of benzene rings is 1. The van der Waals surface area contributed by atoms with Crippen molar-refractivity contribution in [1.29, 1.82) is 0 Å². The summed E-state index contributed by atoms with van der Waals surface area (Å²) in [7, 11) is -3.73. The van der Waals surface area contributed by atoms with Gasteiger partial charge in [-0.3, -0.25) is 4.79 Å². The van der Waals surface area contributed by atoms with Gasteiger partial charge in [0, 0.05) is 17.7 Å². The highest BCUT2D eigenvalue weighted by molar-refractivity contribution is 6.70. The summed E-state index contributed by atoms with van der Waals surface area (Å²) in [6.07, 6.45) is 2.91. The Morgan fingerprint density at radius 2 is 1.72 bits per heavy atom. The predicted molar refractivity (Wildman–Crippen MR) is 106 cm³/mol. The first-order chi connectivity index (χ1) is 11.5. The van der Waals surface area contributed by atoms with Gasteiger partial charge in [-0.05, 0) is 64.6 Å². The highest BCUT2D eigenvalue weighted by atomic mass is 28.4. The van der Waals surface area contributed by atoms with Crippen LogP contribution in [0.15, 0.2) is 24.3 Å². The molecule has 0 aromatic heterocycles. The largest absolute Gasteiger partial charge is 0.409 e. The lowest BCUT2D eigenvalue weighted by Gasteiger charge is -2.48. The van der Waals surface area contributed by atoms with Gasteiger partial charge in [0.25, 0.3) is 5.91 Å². The third-order valence-corrected chi connectivity index (χ3v) is 6.60. The molecule has 0 aliphatic carbocycles. The average molecular weight is 378 g/mol. The maximum absolute atomic E-state index is 13.2. The van der Waals surface area contributed by atoms with Crippen molar-refractivity contribution in [2.45, 2.75) is 70.4 Å². The first kappa shape index (κ1) is 18.8. The molecule has 1 saturated heterocycles. The van der Waals surface area contributed by atoms with Gasteiger partial charge in [-0.25, -0.2) is 0 Å². The second-order valence-corrected chi connectivity index (χ2v) is 18.0. The third kappa shape index (κ3) is 3.49. The SMILES string of the molecule is C[Si](C)(C)O[C@@H]1CCCCN2C(=O)c3ccccc3[C@]12O[Si](C)(C)C. The molecule has 2 heterocycles. The van der Waals surface area contributed by atoms with Crippen LogP contribution < -0.4 is 0 Å². The summed E-state index contributed by atoms with van der Waals surface area (Å²) in [4.78, 5) is 15.2. The Bertz CT molecular complexity index is 665. The summed E-state index contributed by atoms with van der Waals surface area (Å²) in [5.41, 5.74) is 1.04. The lowest BCUT2D eigenvalue weighted by atomic mass is 9.94. The van der Waals surface area contributed by atoms with Crippen molar-refractivity contribution in [2.24, 2.45) is 0 Å². The van der Waals surface area contributed by atoms with Gasteiger partial charge in [-0.1, -0.05) is 18.2 Å². The molecule has 138 valence electrons.